The third-order valence-electron chi connectivity index (χ3n) is 2.33. The quantitative estimate of drug-likeness (QED) is 0.564. The van der Waals surface area contributed by atoms with Crippen LogP contribution < -0.4 is 5.32 Å². The molecule has 0 spiro atoms. The summed E-state index contributed by atoms with van der Waals surface area (Å²) in [4.78, 5) is 34.4. The Morgan fingerprint density at radius 2 is 2.05 bits per heavy atom. The van der Waals surface area contributed by atoms with E-state index in [0.717, 1.165) is 31.8 Å². The summed E-state index contributed by atoms with van der Waals surface area (Å²) in [5, 5.41) is 18.0. The van der Waals surface area contributed by atoms with E-state index in [9.17, 15) is 14.4 Å². The van der Waals surface area contributed by atoms with E-state index < -0.39 is 5.97 Å². The van der Waals surface area contributed by atoms with E-state index in [0.29, 0.717) is 19.5 Å². The van der Waals surface area contributed by atoms with Crippen molar-refractivity contribution in [1.82, 2.24) is 10.2 Å². The average molecular weight is 292 g/mol. The van der Waals surface area contributed by atoms with Gasteiger partial charge in [-0.1, -0.05) is 0 Å². The van der Waals surface area contributed by atoms with Gasteiger partial charge in [-0.3, -0.25) is 14.4 Å². The minimum absolute atomic E-state index is 0.0714. The zero-order valence-electron chi connectivity index (χ0n) is 10.9. The molecule has 2 amide bonds. The monoisotopic (exact) mass is 292 g/mol. The second-order valence-electron chi connectivity index (χ2n) is 3.72. The lowest BCUT2D eigenvalue weighted by Crippen LogP contribution is -2.36. The number of hydrogen-bond acceptors (Lipinski definition) is 5. The number of aliphatic hydroxyl groups excluding tert-OH is 1. The largest absolute Gasteiger partial charge is 0.481 e. The van der Waals surface area contributed by atoms with Crippen molar-refractivity contribution in [3.63, 3.8) is 0 Å². The molecule has 1 rings (SSSR count). The van der Waals surface area contributed by atoms with Gasteiger partial charge >= 0.3 is 5.97 Å². The molecule has 0 radical (unpaired) electrons. The number of aliphatic carboxylic acids is 1. The van der Waals surface area contributed by atoms with E-state index in [1.807, 2.05) is 0 Å². The second kappa shape index (κ2) is 10.6. The number of carboxylic acid groups (broad SMARTS) is 1. The predicted octanol–water partition coefficient (Wildman–Crippen LogP) is -0.849. The molecule has 0 aromatic heterocycles. The Balaban J connectivity index is 0.00000154. The Morgan fingerprint density at radius 1 is 1.37 bits per heavy atom. The molecule has 0 unspecified atom stereocenters. The van der Waals surface area contributed by atoms with Gasteiger partial charge in [0.2, 0.25) is 11.8 Å². The van der Waals surface area contributed by atoms with E-state index in [1.165, 1.54) is 0 Å². The van der Waals surface area contributed by atoms with Gasteiger partial charge in [-0.25, -0.2) is 0 Å². The molecule has 0 bridgehead atoms. The van der Waals surface area contributed by atoms with Crippen LogP contribution in [0.15, 0.2) is 0 Å². The van der Waals surface area contributed by atoms with Crippen molar-refractivity contribution < 1.29 is 24.6 Å². The van der Waals surface area contributed by atoms with E-state index >= 15 is 0 Å². The van der Waals surface area contributed by atoms with Crippen LogP contribution in [-0.2, 0) is 14.4 Å². The van der Waals surface area contributed by atoms with Crippen LogP contribution in [0.2, 0.25) is 0 Å². The van der Waals surface area contributed by atoms with E-state index in [2.05, 4.69) is 5.32 Å². The van der Waals surface area contributed by atoms with Gasteiger partial charge in [0.05, 0.1) is 11.5 Å². The smallest absolute Gasteiger partial charge is 0.313 e. The Kier molecular flexibility index (Phi) is 9.91. The van der Waals surface area contributed by atoms with Crippen molar-refractivity contribution in [1.29, 1.82) is 0 Å². The van der Waals surface area contributed by atoms with Crippen LogP contribution in [0.3, 0.4) is 0 Å². The average Bonchev–Trinajstić information content (AvgIpc) is 2.77. The summed E-state index contributed by atoms with van der Waals surface area (Å²) in [5.41, 5.74) is 0. The van der Waals surface area contributed by atoms with Crippen LogP contribution >= 0.6 is 11.8 Å². The number of nitrogens with one attached hydrogen (secondary N) is 1. The molecule has 0 aromatic rings. The summed E-state index contributed by atoms with van der Waals surface area (Å²) in [7, 11) is 1.00. The van der Waals surface area contributed by atoms with E-state index in [4.69, 9.17) is 10.2 Å². The molecule has 1 heterocycles. The number of amides is 2. The number of hydrogen-bond donors (Lipinski definition) is 3. The highest BCUT2D eigenvalue weighted by atomic mass is 32.2. The lowest BCUT2D eigenvalue weighted by molar-refractivity contribution is -0.134. The molecule has 3 N–H and O–H groups in total. The lowest BCUT2D eigenvalue weighted by Gasteiger charge is -2.15. The van der Waals surface area contributed by atoms with Gasteiger partial charge in [0, 0.05) is 33.2 Å². The van der Waals surface area contributed by atoms with E-state index in [-0.39, 0.29) is 23.3 Å². The summed E-state index contributed by atoms with van der Waals surface area (Å²) in [6.07, 6.45) is 1.49. The van der Waals surface area contributed by atoms with Crippen molar-refractivity contribution in [2.24, 2.45) is 0 Å². The first-order chi connectivity index (χ1) is 9.09. The molecule has 1 saturated heterocycles. The molecule has 0 saturated carbocycles. The number of carboxylic acids is 1. The zero-order chi connectivity index (χ0) is 14.7. The SMILES string of the molecule is CO.O=C(O)CSCC(=O)NCCN1CCCC1=O. The highest BCUT2D eigenvalue weighted by Crippen LogP contribution is 2.07. The molecule has 1 fully saturated rings. The highest BCUT2D eigenvalue weighted by molar-refractivity contribution is 8.00. The number of nitrogens with zero attached hydrogens (tertiary/aromatic N) is 1. The number of aliphatic hydroxyl groups is 1. The molecule has 1 aliphatic heterocycles. The maximum Gasteiger partial charge on any atom is 0.313 e. The Bertz CT molecular complexity index is 311. The van der Waals surface area contributed by atoms with Crippen LogP contribution in [0, 0.1) is 0 Å². The standard InChI is InChI=1S/C10H16N2O4S.CH4O/c13-8(6-17-7-10(15)16)11-3-5-12-4-1-2-9(12)14;1-2/h1-7H2,(H,11,13)(H,15,16);2H,1H3. The minimum Gasteiger partial charge on any atom is -0.481 e. The normalized spacial score (nSPS) is 13.8. The van der Waals surface area contributed by atoms with Crippen molar-refractivity contribution in [3.05, 3.63) is 0 Å². The first-order valence-electron chi connectivity index (χ1n) is 5.88. The lowest BCUT2D eigenvalue weighted by atomic mass is 10.4. The second-order valence-corrected chi connectivity index (χ2v) is 4.71. The minimum atomic E-state index is -0.925. The van der Waals surface area contributed by atoms with Gasteiger partial charge in [-0.15, -0.1) is 11.8 Å². The number of carbonyl (C=O) groups excluding carboxylic acids is 2. The molecule has 0 aromatic carbocycles. The molecule has 110 valence electrons. The van der Waals surface area contributed by atoms with Crippen LogP contribution in [0.1, 0.15) is 12.8 Å². The van der Waals surface area contributed by atoms with Gasteiger partial charge in [0.1, 0.15) is 0 Å². The summed E-state index contributed by atoms with van der Waals surface area (Å²) in [5.74, 6) is -0.911. The fourth-order valence-corrected chi connectivity index (χ4v) is 2.12. The molecule has 0 aliphatic carbocycles. The maximum atomic E-state index is 11.3. The number of rotatable bonds is 7. The van der Waals surface area contributed by atoms with Gasteiger partial charge in [0.25, 0.3) is 0 Å². The van der Waals surface area contributed by atoms with Crippen molar-refractivity contribution >= 4 is 29.5 Å². The van der Waals surface area contributed by atoms with Gasteiger partial charge in [-0.05, 0) is 6.42 Å². The topological polar surface area (TPSA) is 107 Å². The van der Waals surface area contributed by atoms with Gasteiger partial charge < -0.3 is 20.4 Å². The van der Waals surface area contributed by atoms with Crippen molar-refractivity contribution in [2.75, 3.05) is 38.2 Å². The molecule has 19 heavy (non-hydrogen) atoms. The third kappa shape index (κ3) is 8.44. The first-order valence-corrected chi connectivity index (χ1v) is 7.04. The van der Waals surface area contributed by atoms with Crippen LogP contribution in [-0.4, -0.2) is 71.1 Å². The fraction of sp³-hybridized carbons (Fsp3) is 0.727. The van der Waals surface area contributed by atoms with Crippen LogP contribution in [0.4, 0.5) is 0 Å². The molecular formula is C11H20N2O5S. The molecule has 8 heteroatoms. The third-order valence-corrected chi connectivity index (χ3v) is 3.25. The molecule has 7 nitrogen and oxygen atoms in total. The Labute approximate surface area is 116 Å². The molecular weight excluding hydrogens is 272 g/mol. The van der Waals surface area contributed by atoms with Gasteiger partial charge in [-0.2, -0.15) is 0 Å². The molecule has 1 aliphatic rings. The molecule has 0 atom stereocenters. The number of likely N-dealkylation sites (tertiary alicyclic amines) is 1. The van der Waals surface area contributed by atoms with Crippen molar-refractivity contribution in [2.45, 2.75) is 12.8 Å². The summed E-state index contributed by atoms with van der Waals surface area (Å²) in [6.45, 7) is 1.73. The number of carbonyl (C=O) groups is 3. The van der Waals surface area contributed by atoms with Crippen LogP contribution in [0.5, 0.6) is 0 Å². The van der Waals surface area contributed by atoms with E-state index in [1.54, 1.807) is 4.90 Å². The Morgan fingerprint density at radius 3 is 2.58 bits per heavy atom. The highest BCUT2D eigenvalue weighted by Gasteiger charge is 2.19. The van der Waals surface area contributed by atoms with Crippen LogP contribution in [0.25, 0.3) is 0 Å². The summed E-state index contributed by atoms with van der Waals surface area (Å²) >= 11 is 1.06. The van der Waals surface area contributed by atoms with Crippen molar-refractivity contribution in [3.8, 4) is 0 Å². The Hall–Kier alpha value is -1.28. The first kappa shape index (κ1) is 17.7. The summed E-state index contributed by atoms with van der Waals surface area (Å²) < 4.78 is 0. The zero-order valence-corrected chi connectivity index (χ0v) is 11.7. The summed E-state index contributed by atoms with van der Waals surface area (Å²) in [6, 6.07) is 0. The predicted molar refractivity (Wildman–Crippen MR) is 71.9 cm³/mol. The number of thioether (sulfide) groups is 1. The van der Waals surface area contributed by atoms with Gasteiger partial charge in [0.15, 0.2) is 0 Å². The maximum absolute atomic E-state index is 11.3. The fourth-order valence-electron chi connectivity index (χ4n) is 1.55.